The van der Waals surface area contributed by atoms with E-state index in [2.05, 4.69) is 35.9 Å². The molecule has 19 heavy (non-hydrogen) atoms. The summed E-state index contributed by atoms with van der Waals surface area (Å²) in [4.78, 5) is 5.59. The standard InChI is InChI=1S/C16H31N3/c1-16(2,3)18-11-14-4-5-15(12-18)19(14)10-13-6-8-17-9-7-13/h13-15,17H,4-12H2,1-3H3. The predicted octanol–water partition coefficient (Wildman–Crippen LogP) is 1.93. The first-order chi connectivity index (χ1) is 9.04. The Labute approximate surface area is 118 Å². The number of hydrogen-bond acceptors (Lipinski definition) is 3. The summed E-state index contributed by atoms with van der Waals surface area (Å²) in [6.07, 6.45) is 5.64. The minimum absolute atomic E-state index is 0.349. The highest BCUT2D eigenvalue weighted by atomic mass is 15.3. The Morgan fingerprint density at radius 1 is 0.947 bits per heavy atom. The molecule has 0 spiro atoms. The summed E-state index contributed by atoms with van der Waals surface area (Å²) in [7, 11) is 0. The molecule has 0 radical (unpaired) electrons. The van der Waals surface area contributed by atoms with Gasteiger partial charge in [-0.05, 0) is 65.5 Å². The fourth-order valence-electron chi connectivity index (χ4n) is 4.20. The lowest BCUT2D eigenvalue weighted by Gasteiger charge is -2.47. The summed E-state index contributed by atoms with van der Waals surface area (Å²) in [5, 5.41) is 3.49. The summed E-state index contributed by atoms with van der Waals surface area (Å²) in [5.41, 5.74) is 0.349. The Kier molecular flexibility index (Phi) is 3.89. The van der Waals surface area contributed by atoms with E-state index in [0.717, 1.165) is 18.0 Å². The van der Waals surface area contributed by atoms with Gasteiger partial charge in [-0.15, -0.1) is 0 Å². The molecule has 3 rings (SSSR count). The Morgan fingerprint density at radius 2 is 1.53 bits per heavy atom. The zero-order valence-corrected chi connectivity index (χ0v) is 13.0. The average molecular weight is 265 g/mol. The van der Waals surface area contributed by atoms with Crippen molar-refractivity contribution in [2.45, 2.75) is 64.1 Å². The van der Waals surface area contributed by atoms with Crippen LogP contribution in [0, 0.1) is 5.92 Å². The van der Waals surface area contributed by atoms with Crippen molar-refractivity contribution in [1.82, 2.24) is 15.1 Å². The number of rotatable bonds is 2. The van der Waals surface area contributed by atoms with Crippen LogP contribution in [0.2, 0.25) is 0 Å². The maximum atomic E-state index is 3.49. The van der Waals surface area contributed by atoms with E-state index in [-0.39, 0.29) is 0 Å². The molecule has 0 aliphatic carbocycles. The van der Waals surface area contributed by atoms with Crippen molar-refractivity contribution in [3.63, 3.8) is 0 Å². The molecule has 3 heterocycles. The van der Waals surface area contributed by atoms with Gasteiger partial charge in [0.2, 0.25) is 0 Å². The fraction of sp³-hybridized carbons (Fsp3) is 1.00. The van der Waals surface area contributed by atoms with E-state index in [0.29, 0.717) is 5.54 Å². The van der Waals surface area contributed by atoms with Gasteiger partial charge in [0.1, 0.15) is 0 Å². The predicted molar refractivity (Wildman–Crippen MR) is 80.4 cm³/mol. The summed E-state index contributed by atoms with van der Waals surface area (Å²) in [5.74, 6) is 0.950. The van der Waals surface area contributed by atoms with E-state index in [4.69, 9.17) is 0 Å². The molecule has 3 heteroatoms. The molecule has 110 valence electrons. The van der Waals surface area contributed by atoms with Gasteiger partial charge in [0.05, 0.1) is 0 Å². The number of likely N-dealkylation sites (tertiary alicyclic amines) is 1. The smallest absolute Gasteiger partial charge is 0.0227 e. The van der Waals surface area contributed by atoms with E-state index in [1.807, 2.05) is 0 Å². The molecule has 2 atom stereocenters. The van der Waals surface area contributed by atoms with E-state index in [9.17, 15) is 0 Å². The first-order valence-electron chi connectivity index (χ1n) is 8.25. The fourth-order valence-corrected chi connectivity index (χ4v) is 4.20. The summed E-state index contributed by atoms with van der Waals surface area (Å²) in [6.45, 7) is 13.5. The first kappa shape index (κ1) is 13.8. The largest absolute Gasteiger partial charge is 0.317 e. The van der Waals surface area contributed by atoms with Gasteiger partial charge in [-0.25, -0.2) is 0 Å². The molecular formula is C16H31N3. The quantitative estimate of drug-likeness (QED) is 0.823. The lowest BCUT2D eigenvalue weighted by molar-refractivity contribution is 0.00611. The van der Waals surface area contributed by atoms with Crippen molar-refractivity contribution >= 4 is 0 Å². The molecule has 2 unspecified atom stereocenters. The van der Waals surface area contributed by atoms with E-state index < -0.39 is 0 Å². The van der Waals surface area contributed by atoms with Crippen LogP contribution in [-0.4, -0.2) is 60.1 Å². The Balaban J connectivity index is 1.60. The highest BCUT2D eigenvalue weighted by Crippen LogP contribution is 2.34. The van der Waals surface area contributed by atoms with Gasteiger partial charge in [-0.2, -0.15) is 0 Å². The number of nitrogens with zero attached hydrogens (tertiary/aromatic N) is 2. The third-order valence-electron chi connectivity index (χ3n) is 5.51. The number of nitrogens with one attached hydrogen (secondary N) is 1. The number of piperazine rings is 1. The number of piperidine rings is 1. The maximum absolute atomic E-state index is 3.49. The van der Waals surface area contributed by atoms with Crippen LogP contribution in [-0.2, 0) is 0 Å². The minimum atomic E-state index is 0.349. The van der Waals surface area contributed by atoms with Crippen molar-refractivity contribution < 1.29 is 0 Å². The monoisotopic (exact) mass is 265 g/mol. The van der Waals surface area contributed by atoms with Crippen LogP contribution in [0.25, 0.3) is 0 Å². The zero-order valence-electron chi connectivity index (χ0n) is 13.0. The zero-order chi connectivity index (χ0) is 13.5. The third kappa shape index (κ3) is 2.98. The minimum Gasteiger partial charge on any atom is -0.317 e. The van der Waals surface area contributed by atoms with Crippen molar-refractivity contribution in [2.75, 3.05) is 32.7 Å². The van der Waals surface area contributed by atoms with Crippen LogP contribution in [0.3, 0.4) is 0 Å². The van der Waals surface area contributed by atoms with Gasteiger partial charge in [0.25, 0.3) is 0 Å². The molecule has 3 saturated heterocycles. The Hall–Kier alpha value is -0.120. The second-order valence-electron chi connectivity index (χ2n) is 7.85. The summed E-state index contributed by atoms with van der Waals surface area (Å²) >= 11 is 0. The highest BCUT2D eigenvalue weighted by Gasteiger charge is 2.42. The van der Waals surface area contributed by atoms with Crippen LogP contribution in [0.4, 0.5) is 0 Å². The van der Waals surface area contributed by atoms with E-state index in [1.54, 1.807) is 0 Å². The molecule has 0 saturated carbocycles. The third-order valence-corrected chi connectivity index (χ3v) is 5.51. The van der Waals surface area contributed by atoms with Crippen molar-refractivity contribution in [1.29, 1.82) is 0 Å². The number of hydrogen-bond donors (Lipinski definition) is 1. The van der Waals surface area contributed by atoms with Gasteiger partial charge in [0.15, 0.2) is 0 Å². The Morgan fingerprint density at radius 3 is 2.05 bits per heavy atom. The van der Waals surface area contributed by atoms with Gasteiger partial charge in [0, 0.05) is 37.3 Å². The topological polar surface area (TPSA) is 18.5 Å². The Bertz CT molecular complexity index is 290. The molecule has 0 aromatic carbocycles. The van der Waals surface area contributed by atoms with Crippen LogP contribution in [0.1, 0.15) is 46.5 Å². The molecule has 0 aromatic rings. The summed E-state index contributed by atoms with van der Waals surface area (Å²) in [6, 6.07) is 1.68. The SMILES string of the molecule is CC(C)(C)N1CC2CCC(C1)N2CC1CCNCC1. The van der Waals surface area contributed by atoms with Crippen LogP contribution in [0.15, 0.2) is 0 Å². The van der Waals surface area contributed by atoms with Gasteiger partial charge in [-0.3, -0.25) is 9.80 Å². The maximum Gasteiger partial charge on any atom is 0.0227 e. The highest BCUT2D eigenvalue weighted by molar-refractivity contribution is 4.99. The molecule has 1 N–H and O–H groups in total. The van der Waals surface area contributed by atoms with Crippen molar-refractivity contribution in [2.24, 2.45) is 5.92 Å². The second-order valence-corrected chi connectivity index (χ2v) is 7.85. The number of fused-ring (bicyclic) bond motifs is 2. The van der Waals surface area contributed by atoms with Crippen LogP contribution < -0.4 is 5.32 Å². The molecule has 3 fully saturated rings. The molecule has 3 aliphatic heterocycles. The molecular weight excluding hydrogens is 234 g/mol. The molecule has 0 aromatic heterocycles. The second kappa shape index (κ2) is 5.34. The van der Waals surface area contributed by atoms with Crippen molar-refractivity contribution in [3.8, 4) is 0 Å². The normalized spacial score (nSPS) is 34.9. The lowest BCUT2D eigenvalue weighted by Crippen LogP contribution is -2.59. The molecule has 3 nitrogen and oxygen atoms in total. The van der Waals surface area contributed by atoms with Crippen molar-refractivity contribution in [3.05, 3.63) is 0 Å². The van der Waals surface area contributed by atoms with E-state index in [1.165, 1.54) is 58.4 Å². The summed E-state index contributed by atoms with van der Waals surface area (Å²) < 4.78 is 0. The average Bonchev–Trinajstić information content (AvgIpc) is 2.61. The molecule has 0 amide bonds. The van der Waals surface area contributed by atoms with Gasteiger partial charge < -0.3 is 5.32 Å². The van der Waals surface area contributed by atoms with Gasteiger partial charge in [-0.1, -0.05) is 0 Å². The van der Waals surface area contributed by atoms with E-state index >= 15 is 0 Å². The molecule has 3 aliphatic rings. The van der Waals surface area contributed by atoms with Crippen LogP contribution >= 0.6 is 0 Å². The van der Waals surface area contributed by atoms with Gasteiger partial charge >= 0.3 is 0 Å². The lowest BCUT2D eigenvalue weighted by atomic mass is 9.95. The first-order valence-corrected chi connectivity index (χ1v) is 8.25. The van der Waals surface area contributed by atoms with Crippen LogP contribution in [0.5, 0.6) is 0 Å². The molecule has 2 bridgehead atoms.